The molecule has 0 aromatic rings. The first-order valence-electron chi connectivity index (χ1n) is 3.20. The Balaban J connectivity index is 2.82. The van der Waals surface area contributed by atoms with E-state index in [1.165, 1.54) is 0 Å². The van der Waals surface area contributed by atoms with Crippen LogP contribution in [0.4, 0.5) is 0 Å². The van der Waals surface area contributed by atoms with Gasteiger partial charge in [-0.2, -0.15) is 0 Å². The van der Waals surface area contributed by atoms with Gasteiger partial charge in [-0.05, 0) is 12.8 Å². The van der Waals surface area contributed by atoms with E-state index in [9.17, 15) is 0 Å². The number of alkyl halides is 1. The van der Waals surface area contributed by atoms with Gasteiger partial charge in [0.25, 0.3) is 0 Å². The normalized spacial score (nSPS) is 10.9. The number of hydrogen-bond donors (Lipinski definition) is 0. The van der Waals surface area contributed by atoms with Gasteiger partial charge in [-0.3, -0.25) is 0 Å². The van der Waals surface area contributed by atoms with Crippen LogP contribution in [0.3, 0.4) is 0 Å². The van der Waals surface area contributed by atoms with Crippen molar-refractivity contribution in [2.24, 2.45) is 0 Å². The van der Waals surface area contributed by atoms with Crippen LogP contribution in [0.1, 0.15) is 19.8 Å². The van der Waals surface area contributed by atoms with Crippen LogP contribution in [0.15, 0.2) is 12.2 Å². The average molecular weight is 149 g/mol. The van der Waals surface area contributed by atoms with E-state index >= 15 is 0 Å². The Kier molecular flexibility index (Phi) is 7.98. The van der Waals surface area contributed by atoms with E-state index in [1.54, 1.807) is 0 Å². The van der Waals surface area contributed by atoms with Crippen molar-refractivity contribution >= 4 is 11.6 Å². The second kappa shape index (κ2) is 7.99. The van der Waals surface area contributed by atoms with E-state index in [0.29, 0.717) is 6.07 Å². The van der Waals surface area contributed by atoms with Gasteiger partial charge in [0.15, 0.2) is 0 Å². The molecule has 0 bridgehead atoms. The summed E-state index contributed by atoms with van der Waals surface area (Å²) in [5, 5.41) is 0. The summed E-state index contributed by atoms with van der Waals surface area (Å²) in [6, 6.07) is 0.306. The Bertz CT molecular complexity index is 71.3. The van der Waals surface area contributed by atoms with Gasteiger partial charge < -0.3 is 4.74 Å². The van der Waals surface area contributed by atoms with Crippen molar-refractivity contribution in [3.05, 3.63) is 12.2 Å². The highest BCUT2D eigenvalue weighted by Gasteiger charge is 1.78. The number of ether oxygens (including phenoxy) is 1. The summed E-state index contributed by atoms with van der Waals surface area (Å²) in [4.78, 5) is 0. The van der Waals surface area contributed by atoms with Gasteiger partial charge in [0.1, 0.15) is 6.07 Å². The van der Waals surface area contributed by atoms with Gasteiger partial charge in [-0.25, -0.2) is 0 Å². The Labute approximate surface area is 61.7 Å². The standard InChI is InChI=1S/C7H13ClO/c1-2-3-4-5-6-9-7-8/h3-4H,2,5-7H2,1H3/b4-3+. The lowest BCUT2D eigenvalue weighted by Crippen LogP contribution is -1.88. The quantitative estimate of drug-likeness (QED) is 0.331. The highest BCUT2D eigenvalue weighted by atomic mass is 35.5. The van der Waals surface area contributed by atoms with Crippen LogP contribution in [0, 0.1) is 0 Å². The molecule has 0 aromatic carbocycles. The fourth-order valence-electron chi connectivity index (χ4n) is 0.490. The third-order valence-electron chi connectivity index (χ3n) is 0.908. The van der Waals surface area contributed by atoms with E-state index in [1.807, 2.05) is 0 Å². The van der Waals surface area contributed by atoms with Gasteiger partial charge >= 0.3 is 0 Å². The molecule has 2 heteroatoms. The molecule has 0 aliphatic carbocycles. The van der Waals surface area contributed by atoms with Crippen LogP contribution in [0.5, 0.6) is 0 Å². The zero-order chi connectivity index (χ0) is 6.95. The Morgan fingerprint density at radius 3 is 2.78 bits per heavy atom. The van der Waals surface area contributed by atoms with Gasteiger partial charge in [-0.15, -0.1) is 0 Å². The number of allylic oxidation sites excluding steroid dienone is 1. The molecule has 1 nitrogen and oxygen atoms in total. The molecule has 0 atom stereocenters. The molecule has 0 amide bonds. The third-order valence-corrected chi connectivity index (χ3v) is 1.06. The zero-order valence-electron chi connectivity index (χ0n) is 5.77. The SMILES string of the molecule is CC/C=C/CCOCCl. The Morgan fingerprint density at radius 2 is 2.22 bits per heavy atom. The largest absolute Gasteiger partial charge is 0.365 e. The topological polar surface area (TPSA) is 9.23 Å². The predicted octanol–water partition coefficient (Wildman–Crippen LogP) is 2.56. The van der Waals surface area contributed by atoms with Crippen molar-refractivity contribution < 1.29 is 4.74 Å². The summed E-state index contributed by atoms with van der Waals surface area (Å²) in [7, 11) is 0. The molecule has 0 aliphatic rings. The first-order valence-corrected chi connectivity index (χ1v) is 3.74. The minimum absolute atomic E-state index is 0.306. The highest BCUT2D eigenvalue weighted by Crippen LogP contribution is 1.88. The van der Waals surface area contributed by atoms with E-state index < -0.39 is 0 Å². The second-order valence-corrected chi connectivity index (χ2v) is 1.90. The Hall–Kier alpha value is -0.0100. The molecule has 0 N–H and O–H groups in total. The molecule has 0 saturated carbocycles. The number of halogens is 1. The van der Waals surface area contributed by atoms with Crippen LogP contribution < -0.4 is 0 Å². The smallest absolute Gasteiger partial charge is 0.120 e. The van der Waals surface area contributed by atoms with Crippen molar-refractivity contribution in [3.63, 3.8) is 0 Å². The zero-order valence-corrected chi connectivity index (χ0v) is 6.53. The number of rotatable bonds is 5. The first-order chi connectivity index (χ1) is 4.41. The van der Waals surface area contributed by atoms with Gasteiger partial charge in [0.05, 0.1) is 6.61 Å². The van der Waals surface area contributed by atoms with Crippen LogP contribution in [-0.2, 0) is 4.74 Å². The van der Waals surface area contributed by atoms with E-state index in [-0.39, 0.29) is 0 Å². The molecule has 0 saturated heterocycles. The third kappa shape index (κ3) is 7.99. The Morgan fingerprint density at radius 1 is 1.44 bits per heavy atom. The van der Waals surface area contributed by atoms with Crippen molar-refractivity contribution in [3.8, 4) is 0 Å². The molecule has 0 fully saturated rings. The van der Waals surface area contributed by atoms with Crippen molar-refractivity contribution in [2.45, 2.75) is 19.8 Å². The summed E-state index contributed by atoms with van der Waals surface area (Å²) in [6.07, 6.45) is 6.30. The fourth-order valence-corrected chi connectivity index (χ4v) is 0.600. The van der Waals surface area contributed by atoms with Crippen LogP contribution in [-0.4, -0.2) is 12.7 Å². The van der Waals surface area contributed by atoms with Crippen molar-refractivity contribution in [2.75, 3.05) is 12.7 Å². The van der Waals surface area contributed by atoms with Gasteiger partial charge in [0.2, 0.25) is 0 Å². The lowest BCUT2D eigenvalue weighted by molar-refractivity contribution is 0.184. The summed E-state index contributed by atoms with van der Waals surface area (Å²) >= 11 is 5.27. The molecule has 0 aromatic heterocycles. The van der Waals surface area contributed by atoms with Crippen LogP contribution in [0.25, 0.3) is 0 Å². The van der Waals surface area contributed by atoms with Crippen LogP contribution in [0.2, 0.25) is 0 Å². The van der Waals surface area contributed by atoms with E-state index in [0.717, 1.165) is 19.4 Å². The summed E-state index contributed by atoms with van der Waals surface area (Å²) < 4.78 is 4.89. The maximum absolute atomic E-state index is 5.27. The average Bonchev–Trinajstić information content (AvgIpc) is 1.89. The molecule has 0 aliphatic heterocycles. The lowest BCUT2D eigenvalue weighted by Gasteiger charge is -1.92. The first kappa shape index (κ1) is 8.99. The molecular formula is C7H13ClO. The van der Waals surface area contributed by atoms with Crippen molar-refractivity contribution in [1.82, 2.24) is 0 Å². The van der Waals surface area contributed by atoms with Crippen molar-refractivity contribution in [1.29, 1.82) is 0 Å². The molecule has 9 heavy (non-hydrogen) atoms. The van der Waals surface area contributed by atoms with E-state index in [4.69, 9.17) is 16.3 Å². The summed E-state index contributed by atoms with van der Waals surface area (Å²) in [6.45, 7) is 2.85. The molecule has 0 spiro atoms. The highest BCUT2D eigenvalue weighted by molar-refractivity contribution is 6.17. The minimum atomic E-state index is 0.306. The molecular weight excluding hydrogens is 136 g/mol. The maximum Gasteiger partial charge on any atom is 0.120 e. The molecule has 0 radical (unpaired) electrons. The monoisotopic (exact) mass is 148 g/mol. The molecule has 54 valence electrons. The van der Waals surface area contributed by atoms with Crippen LogP contribution >= 0.6 is 11.6 Å². The lowest BCUT2D eigenvalue weighted by atomic mass is 10.3. The molecule has 0 heterocycles. The molecule has 0 rings (SSSR count). The number of hydrogen-bond acceptors (Lipinski definition) is 1. The summed E-state index contributed by atoms with van der Waals surface area (Å²) in [5.74, 6) is 0. The maximum atomic E-state index is 5.27. The summed E-state index contributed by atoms with van der Waals surface area (Å²) in [5.41, 5.74) is 0. The van der Waals surface area contributed by atoms with E-state index in [2.05, 4.69) is 19.1 Å². The van der Waals surface area contributed by atoms with Gasteiger partial charge in [-0.1, -0.05) is 30.7 Å². The molecule has 0 unspecified atom stereocenters. The fraction of sp³-hybridized carbons (Fsp3) is 0.714. The van der Waals surface area contributed by atoms with Gasteiger partial charge in [0, 0.05) is 0 Å². The predicted molar refractivity (Wildman–Crippen MR) is 40.7 cm³/mol. The second-order valence-electron chi connectivity index (χ2n) is 1.69. The minimum Gasteiger partial charge on any atom is -0.365 e.